The number of benzene rings is 1. The average Bonchev–Trinajstić information content (AvgIpc) is 3.10. The van der Waals surface area contributed by atoms with E-state index in [1.165, 1.54) is 12.1 Å². The lowest BCUT2D eigenvalue weighted by Crippen LogP contribution is -2.23. The number of hydrogen-bond donors (Lipinski definition) is 1. The second kappa shape index (κ2) is 4.87. The second-order valence-electron chi connectivity index (χ2n) is 5.51. The minimum absolute atomic E-state index is 0.127. The maximum atomic E-state index is 14.0. The van der Waals surface area contributed by atoms with Crippen LogP contribution >= 0.6 is 0 Å². The zero-order chi connectivity index (χ0) is 13.5. The van der Waals surface area contributed by atoms with Gasteiger partial charge in [0.25, 0.3) is 0 Å². The molecule has 2 fully saturated rings. The van der Waals surface area contributed by atoms with Gasteiger partial charge in [0, 0.05) is 6.04 Å². The molecular formula is C14H18FNO2S. The number of sulfone groups is 1. The van der Waals surface area contributed by atoms with Gasteiger partial charge in [-0.25, -0.2) is 12.8 Å². The number of nitrogens with one attached hydrogen (secondary N) is 1. The van der Waals surface area contributed by atoms with Crippen LogP contribution in [0.1, 0.15) is 31.2 Å². The summed E-state index contributed by atoms with van der Waals surface area (Å²) >= 11 is 0. The van der Waals surface area contributed by atoms with Gasteiger partial charge in [-0.1, -0.05) is 6.07 Å². The molecule has 0 radical (unpaired) electrons. The number of rotatable bonds is 4. The van der Waals surface area contributed by atoms with Gasteiger partial charge in [-0.15, -0.1) is 0 Å². The summed E-state index contributed by atoms with van der Waals surface area (Å²) in [5, 5.41) is 3.00. The number of hydrogen-bond acceptors (Lipinski definition) is 3. The molecule has 3 nitrogen and oxygen atoms in total. The van der Waals surface area contributed by atoms with E-state index in [9.17, 15) is 12.8 Å². The molecule has 1 aromatic rings. The minimum atomic E-state index is -3.43. The van der Waals surface area contributed by atoms with Crippen molar-refractivity contribution in [3.05, 3.63) is 29.6 Å². The molecule has 104 valence electrons. The first-order valence-electron chi connectivity index (χ1n) is 6.83. The Morgan fingerprint density at radius 3 is 2.63 bits per heavy atom. The summed E-state index contributed by atoms with van der Waals surface area (Å²) in [6.45, 7) is 1.02. The standard InChI is InChI=1S/C14H18FNO2S/c15-13-9-10(8-11-2-1-7-16-11)3-6-14(13)19(17,18)12-4-5-12/h3,6,9,11-12,16H,1-2,4-5,7-8H2. The monoisotopic (exact) mass is 283 g/mol. The molecule has 1 N–H and O–H groups in total. The first kappa shape index (κ1) is 13.1. The van der Waals surface area contributed by atoms with E-state index in [1.807, 2.05) is 0 Å². The van der Waals surface area contributed by atoms with E-state index in [-0.39, 0.29) is 10.1 Å². The van der Waals surface area contributed by atoms with Gasteiger partial charge in [0.15, 0.2) is 9.84 Å². The quantitative estimate of drug-likeness (QED) is 0.920. The lowest BCUT2D eigenvalue weighted by atomic mass is 10.0. The van der Waals surface area contributed by atoms with Crippen LogP contribution in [0.2, 0.25) is 0 Å². The predicted octanol–water partition coefficient (Wildman–Crippen LogP) is 2.06. The Hall–Kier alpha value is -0.940. The Bertz CT molecular complexity index is 575. The van der Waals surface area contributed by atoms with Crippen LogP contribution in [-0.4, -0.2) is 26.3 Å². The highest BCUT2D eigenvalue weighted by molar-refractivity contribution is 7.92. The van der Waals surface area contributed by atoms with E-state index in [0.717, 1.165) is 31.4 Å². The van der Waals surface area contributed by atoms with Crippen LogP contribution < -0.4 is 5.32 Å². The Labute approximate surface area is 113 Å². The number of halogens is 1. The fourth-order valence-corrected chi connectivity index (χ4v) is 4.38. The first-order valence-corrected chi connectivity index (χ1v) is 8.38. The highest BCUT2D eigenvalue weighted by Crippen LogP contribution is 2.34. The van der Waals surface area contributed by atoms with Gasteiger partial charge in [0.05, 0.1) is 5.25 Å². The van der Waals surface area contributed by atoms with Crippen molar-refractivity contribution in [1.82, 2.24) is 5.32 Å². The molecule has 0 bridgehead atoms. The third-order valence-corrected chi connectivity index (χ3v) is 6.20. The normalized spacial score (nSPS) is 23.7. The molecule has 1 aliphatic heterocycles. The van der Waals surface area contributed by atoms with E-state index in [2.05, 4.69) is 5.32 Å². The van der Waals surface area contributed by atoms with Crippen LogP contribution in [0.3, 0.4) is 0 Å². The molecule has 1 saturated heterocycles. The molecule has 3 rings (SSSR count). The SMILES string of the molecule is O=S(=O)(c1ccc(CC2CCCN2)cc1F)C1CC1. The van der Waals surface area contributed by atoms with Crippen molar-refractivity contribution < 1.29 is 12.8 Å². The van der Waals surface area contributed by atoms with Crippen LogP contribution in [-0.2, 0) is 16.3 Å². The topological polar surface area (TPSA) is 46.2 Å². The van der Waals surface area contributed by atoms with Crippen LogP contribution in [0, 0.1) is 5.82 Å². The van der Waals surface area contributed by atoms with Crippen LogP contribution in [0.4, 0.5) is 4.39 Å². The van der Waals surface area contributed by atoms with Gasteiger partial charge in [-0.3, -0.25) is 0 Å². The maximum Gasteiger partial charge on any atom is 0.184 e. The molecular weight excluding hydrogens is 265 g/mol. The van der Waals surface area contributed by atoms with Crippen LogP contribution in [0.5, 0.6) is 0 Å². The van der Waals surface area contributed by atoms with Gasteiger partial charge in [-0.05, 0) is 56.3 Å². The summed E-state index contributed by atoms with van der Waals surface area (Å²) < 4.78 is 38.0. The molecule has 1 atom stereocenters. The van der Waals surface area contributed by atoms with Crippen molar-refractivity contribution in [2.75, 3.05) is 6.54 Å². The van der Waals surface area contributed by atoms with Crippen molar-refractivity contribution in [2.45, 2.75) is 48.3 Å². The third kappa shape index (κ3) is 2.67. The molecule has 19 heavy (non-hydrogen) atoms. The molecule has 0 spiro atoms. The van der Waals surface area contributed by atoms with Gasteiger partial charge < -0.3 is 5.32 Å². The van der Waals surface area contributed by atoms with Crippen LogP contribution in [0.15, 0.2) is 23.1 Å². The average molecular weight is 283 g/mol. The van der Waals surface area contributed by atoms with E-state index >= 15 is 0 Å². The third-order valence-electron chi connectivity index (χ3n) is 3.91. The highest BCUT2D eigenvalue weighted by atomic mass is 32.2. The lowest BCUT2D eigenvalue weighted by Gasteiger charge is -2.11. The summed E-state index contributed by atoms with van der Waals surface area (Å²) in [6, 6.07) is 4.96. The Balaban J connectivity index is 1.81. The fourth-order valence-electron chi connectivity index (χ4n) is 2.68. The Morgan fingerprint density at radius 1 is 1.26 bits per heavy atom. The van der Waals surface area contributed by atoms with Crippen molar-refractivity contribution in [3.8, 4) is 0 Å². The van der Waals surface area contributed by atoms with Crippen molar-refractivity contribution in [2.24, 2.45) is 0 Å². The van der Waals surface area contributed by atoms with Gasteiger partial charge in [0.1, 0.15) is 10.7 Å². The summed E-state index contributed by atoms with van der Waals surface area (Å²) in [6.07, 6.45) is 4.34. The molecule has 0 aromatic heterocycles. The first-order chi connectivity index (χ1) is 9.07. The Morgan fingerprint density at radius 2 is 2.05 bits per heavy atom. The zero-order valence-corrected chi connectivity index (χ0v) is 11.5. The van der Waals surface area contributed by atoms with E-state index in [4.69, 9.17) is 0 Å². The molecule has 1 saturated carbocycles. The largest absolute Gasteiger partial charge is 0.314 e. The fraction of sp³-hybridized carbons (Fsp3) is 0.571. The van der Waals surface area contributed by atoms with E-state index < -0.39 is 15.7 Å². The zero-order valence-electron chi connectivity index (χ0n) is 10.7. The van der Waals surface area contributed by atoms with Gasteiger partial charge in [0.2, 0.25) is 0 Å². The molecule has 1 aliphatic carbocycles. The predicted molar refractivity (Wildman–Crippen MR) is 71.3 cm³/mol. The molecule has 2 aliphatic rings. The molecule has 1 heterocycles. The van der Waals surface area contributed by atoms with Crippen molar-refractivity contribution in [3.63, 3.8) is 0 Å². The molecule has 0 amide bonds. The summed E-state index contributed by atoms with van der Waals surface area (Å²) in [4.78, 5) is -0.127. The van der Waals surface area contributed by atoms with Gasteiger partial charge >= 0.3 is 0 Å². The van der Waals surface area contributed by atoms with Gasteiger partial charge in [-0.2, -0.15) is 0 Å². The van der Waals surface area contributed by atoms with Crippen molar-refractivity contribution >= 4 is 9.84 Å². The Kier molecular flexibility index (Phi) is 3.35. The summed E-state index contributed by atoms with van der Waals surface area (Å²) in [5.74, 6) is -0.595. The summed E-state index contributed by atoms with van der Waals surface area (Å²) in [5.41, 5.74) is 0.867. The molecule has 5 heteroatoms. The second-order valence-corrected chi connectivity index (χ2v) is 7.70. The molecule has 1 aromatic carbocycles. The smallest absolute Gasteiger partial charge is 0.184 e. The lowest BCUT2D eigenvalue weighted by molar-refractivity contribution is 0.560. The highest BCUT2D eigenvalue weighted by Gasteiger charge is 2.38. The minimum Gasteiger partial charge on any atom is -0.314 e. The molecule has 1 unspecified atom stereocenters. The van der Waals surface area contributed by atoms with Crippen molar-refractivity contribution in [1.29, 1.82) is 0 Å². The van der Waals surface area contributed by atoms with E-state index in [1.54, 1.807) is 6.07 Å². The maximum absolute atomic E-state index is 14.0. The summed E-state index contributed by atoms with van der Waals surface area (Å²) in [7, 11) is -3.43. The van der Waals surface area contributed by atoms with Crippen LogP contribution in [0.25, 0.3) is 0 Å². The van der Waals surface area contributed by atoms with E-state index in [0.29, 0.717) is 18.9 Å².